The molecule has 1 heterocycles. The molecule has 102 valence electrons. The molecule has 1 aliphatic heterocycles. The lowest BCUT2D eigenvalue weighted by Crippen LogP contribution is -1.99. The van der Waals surface area contributed by atoms with Crippen molar-refractivity contribution in [3.63, 3.8) is 0 Å². The van der Waals surface area contributed by atoms with Gasteiger partial charge in [-0.05, 0) is 18.2 Å². The van der Waals surface area contributed by atoms with Crippen LogP contribution in [-0.2, 0) is 9.84 Å². The number of hydrogen-bond acceptors (Lipinski definition) is 4. The van der Waals surface area contributed by atoms with E-state index in [9.17, 15) is 13.5 Å². The van der Waals surface area contributed by atoms with E-state index in [4.69, 9.17) is 4.74 Å². The largest absolute Gasteiger partial charge is 0.507 e. The molecule has 4 nitrogen and oxygen atoms in total. The molecule has 0 atom stereocenters. The number of para-hydroxylation sites is 1. The topological polar surface area (TPSA) is 63.6 Å². The van der Waals surface area contributed by atoms with E-state index in [1.165, 1.54) is 6.07 Å². The quantitative estimate of drug-likeness (QED) is 0.943. The molecule has 0 saturated carbocycles. The van der Waals surface area contributed by atoms with Gasteiger partial charge in [-0.3, -0.25) is 0 Å². The van der Waals surface area contributed by atoms with Gasteiger partial charge in [-0.2, -0.15) is 0 Å². The highest BCUT2D eigenvalue weighted by molar-refractivity contribution is 7.95. The zero-order valence-corrected chi connectivity index (χ0v) is 11.3. The number of ether oxygens (including phenoxy) is 1. The molecule has 0 spiro atoms. The monoisotopic (exact) mass is 288 g/mol. The molecule has 20 heavy (non-hydrogen) atoms. The van der Waals surface area contributed by atoms with E-state index < -0.39 is 9.84 Å². The molecule has 0 saturated heterocycles. The highest BCUT2D eigenvalue weighted by Crippen LogP contribution is 2.38. The predicted octanol–water partition coefficient (Wildman–Crippen LogP) is 2.60. The maximum Gasteiger partial charge on any atom is 0.204 e. The number of aromatic hydroxyl groups is 1. The summed E-state index contributed by atoms with van der Waals surface area (Å²) >= 11 is 0. The van der Waals surface area contributed by atoms with E-state index >= 15 is 0 Å². The van der Waals surface area contributed by atoms with Crippen LogP contribution in [0.2, 0.25) is 0 Å². The highest BCUT2D eigenvalue weighted by Gasteiger charge is 2.30. The molecule has 0 amide bonds. The Morgan fingerprint density at radius 2 is 1.75 bits per heavy atom. The number of hydrogen-bond donors (Lipinski definition) is 1. The van der Waals surface area contributed by atoms with Crippen LogP contribution >= 0.6 is 0 Å². The lowest BCUT2D eigenvalue weighted by Gasteiger charge is -2.08. The Hall–Kier alpha value is -2.27. The first-order valence-corrected chi connectivity index (χ1v) is 7.58. The van der Waals surface area contributed by atoms with Gasteiger partial charge in [0, 0.05) is 16.5 Å². The van der Waals surface area contributed by atoms with Crippen LogP contribution in [0.15, 0.2) is 58.8 Å². The molecule has 0 bridgehead atoms. The van der Waals surface area contributed by atoms with E-state index in [1.54, 1.807) is 24.3 Å². The van der Waals surface area contributed by atoms with Gasteiger partial charge in [0.2, 0.25) is 9.84 Å². The van der Waals surface area contributed by atoms with Crippen molar-refractivity contribution in [3.8, 4) is 11.5 Å². The Bertz CT molecular complexity index is 777. The first-order valence-electron chi connectivity index (χ1n) is 6.04. The third kappa shape index (κ3) is 2.16. The fourth-order valence-electron chi connectivity index (χ4n) is 2.18. The van der Waals surface area contributed by atoms with Gasteiger partial charge in [0.25, 0.3) is 0 Å². The molecule has 1 aliphatic rings. The van der Waals surface area contributed by atoms with Crippen molar-refractivity contribution < 1.29 is 18.3 Å². The van der Waals surface area contributed by atoms with Crippen molar-refractivity contribution >= 4 is 15.4 Å². The van der Waals surface area contributed by atoms with Gasteiger partial charge >= 0.3 is 0 Å². The predicted molar refractivity (Wildman–Crippen MR) is 75.2 cm³/mol. The van der Waals surface area contributed by atoms with Gasteiger partial charge in [-0.25, -0.2) is 8.42 Å². The second-order valence-electron chi connectivity index (χ2n) is 4.44. The van der Waals surface area contributed by atoms with Gasteiger partial charge < -0.3 is 9.84 Å². The fraction of sp³-hybridized carbons (Fsp3) is 0.0667. The van der Waals surface area contributed by atoms with Gasteiger partial charge in [0.15, 0.2) is 0 Å². The summed E-state index contributed by atoms with van der Waals surface area (Å²) in [7, 11) is -3.58. The minimum absolute atomic E-state index is 0.0355. The molecule has 0 radical (unpaired) electrons. The summed E-state index contributed by atoms with van der Waals surface area (Å²) in [6.45, 7) is 0.139. The Morgan fingerprint density at radius 1 is 1.00 bits per heavy atom. The SMILES string of the molecule is O=S1(=O)C=C(COc2ccccc2)c2cccc(O)c21. The van der Waals surface area contributed by atoms with Gasteiger partial charge in [0.05, 0.1) is 0 Å². The molecule has 0 aliphatic carbocycles. The maximum absolute atomic E-state index is 12.0. The maximum atomic E-state index is 12.0. The van der Waals surface area contributed by atoms with Gasteiger partial charge in [-0.15, -0.1) is 0 Å². The molecular formula is C15H12O4S. The molecule has 0 unspecified atom stereocenters. The summed E-state index contributed by atoms with van der Waals surface area (Å²) in [6, 6.07) is 13.8. The molecule has 2 aromatic carbocycles. The molecule has 1 N–H and O–H groups in total. The lowest BCUT2D eigenvalue weighted by atomic mass is 10.1. The summed E-state index contributed by atoms with van der Waals surface area (Å²) in [5, 5.41) is 10.9. The van der Waals surface area contributed by atoms with E-state index in [2.05, 4.69) is 0 Å². The molecule has 5 heteroatoms. The first-order chi connectivity index (χ1) is 9.58. The van der Waals surface area contributed by atoms with Crippen LogP contribution in [0.5, 0.6) is 11.5 Å². The molecule has 3 rings (SSSR count). The average molecular weight is 288 g/mol. The second kappa shape index (κ2) is 4.68. The van der Waals surface area contributed by atoms with Gasteiger partial charge in [0.1, 0.15) is 23.0 Å². The Labute approximate surface area is 116 Å². The van der Waals surface area contributed by atoms with Crippen LogP contribution < -0.4 is 4.74 Å². The minimum Gasteiger partial charge on any atom is -0.507 e. The van der Waals surface area contributed by atoms with Crippen LogP contribution in [0.3, 0.4) is 0 Å². The van der Waals surface area contributed by atoms with Crippen LogP contribution in [0, 0.1) is 0 Å². The third-order valence-electron chi connectivity index (χ3n) is 3.06. The van der Waals surface area contributed by atoms with Crippen molar-refractivity contribution in [3.05, 3.63) is 59.5 Å². The van der Waals surface area contributed by atoms with Crippen molar-refractivity contribution in [1.82, 2.24) is 0 Å². The van der Waals surface area contributed by atoms with Crippen molar-refractivity contribution in [1.29, 1.82) is 0 Å². The smallest absolute Gasteiger partial charge is 0.204 e. The van der Waals surface area contributed by atoms with Crippen LogP contribution in [0.1, 0.15) is 5.56 Å². The van der Waals surface area contributed by atoms with E-state index in [0.29, 0.717) is 16.9 Å². The number of phenols is 1. The minimum atomic E-state index is -3.58. The zero-order valence-electron chi connectivity index (χ0n) is 10.5. The highest BCUT2D eigenvalue weighted by atomic mass is 32.2. The Balaban J connectivity index is 1.92. The molecule has 0 aromatic heterocycles. The number of phenolic OH excluding ortho intramolecular Hbond substituents is 1. The van der Waals surface area contributed by atoms with Crippen molar-refractivity contribution in [2.45, 2.75) is 4.90 Å². The zero-order chi connectivity index (χ0) is 14.2. The lowest BCUT2D eigenvalue weighted by molar-refractivity contribution is 0.369. The van der Waals surface area contributed by atoms with E-state index in [-0.39, 0.29) is 17.3 Å². The standard InChI is InChI=1S/C15H12O4S/c16-14-8-4-7-13-11(10-20(17,18)15(13)14)9-19-12-5-2-1-3-6-12/h1-8,10,16H,9H2. The van der Waals surface area contributed by atoms with E-state index in [0.717, 1.165) is 5.41 Å². The summed E-state index contributed by atoms with van der Waals surface area (Å²) < 4.78 is 29.6. The number of sulfone groups is 1. The van der Waals surface area contributed by atoms with Crippen molar-refractivity contribution in [2.24, 2.45) is 0 Å². The van der Waals surface area contributed by atoms with Crippen LogP contribution in [-0.4, -0.2) is 20.1 Å². The summed E-state index contributed by atoms with van der Waals surface area (Å²) in [6.07, 6.45) is 0. The number of fused-ring (bicyclic) bond motifs is 1. The van der Waals surface area contributed by atoms with Crippen LogP contribution in [0.4, 0.5) is 0 Å². The van der Waals surface area contributed by atoms with E-state index in [1.807, 2.05) is 18.2 Å². The summed E-state index contributed by atoms with van der Waals surface area (Å²) in [5.41, 5.74) is 1.04. The Morgan fingerprint density at radius 3 is 2.50 bits per heavy atom. The molecule has 2 aromatic rings. The normalized spacial score (nSPS) is 15.5. The van der Waals surface area contributed by atoms with Crippen molar-refractivity contribution in [2.75, 3.05) is 6.61 Å². The third-order valence-corrected chi connectivity index (χ3v) is 4.65. The molecular weight excluding hydrogens is 276 g/mol. The average Bonchev–Trinajstić information content (AvgIpc) is 2.70. The number of benzene rings is 2. The summed E-state index contributed by atoms with van der Waals surface area (Å²) in [5.74, 6) is 0.438. The molecule has 0 fully saturated rings. The first kappa shape index (κ1) is 12.7. The number of rotatable bonds is 3. The fourth-order valence-corrected chi connectivity index (χ4v) is 3.73. The van der Waals surface area contributed by atoms with Crippen LogP contribution in [0.25, 0.3) is 5.57 Å². The van der Waals surface area contributed by atoms with Gasteiger partial charge in [-0.1, -0.05) is 30.3 Å². The Kier molecular flexibility index (Phi) is 2.99. The second-order valence-corrected chi connectivity index (χ2v) is 6.18. The summed E-state index contributed by atoms with van der Waals surface area (Å²) in [4.78, 5) is -0.0355.